The molecule has 6 nitrogen and oxygen atoms in total. The number of hydrogen-bond donors (Lipinski definition) is 3. The summed E-state index contributed by atoms with van der Waals surface area (Å²) in [5.74, 6) is -1.07. The number of nitrogens with one attached hydrogen (secondary N) is 1. The molecule has 96 valence electrons. The highest BCUT2D eigenvalue weighted by Crippen LogP contribution is 2.38. The second-order valence-corrected chi connectivity index (χ2v) is 4.59. The molecule has 1 aromatic rings. The monoisotopic (exact) mass is 249 g/mol. The summed E-state index contributed by atoms with van der Waals surface area (Å²) in [6.45, 7) is 0. The number of carboxylic acids is 1. The number of anilines is 1. The zero-order valence-corrected chi connectivity index (χ0v) is 9.85. The van der Waals surface area contributed by atoms with Crippen LogP contribution >= 0.6 is 0 Å². The molecule has 1 heterocycles. The van der Waals surface area contributed by atoms with Crippen LogP contribution in [-0.4, -0.2) is 27.5 Å². The van der Waals surface area contributed by atoms with Crippen molar-refractivity contribution in [3.05, 3.63) is 23.9 Å². The Morgan fingerprint density at radius 1 is 1.50 bits per heavy atom. The van der Waals surface area contributed by atoms with Gasteiger partial charge in [0.2, 0.25) is 0 Å². The van der Waals surface area contributed by atoms with Gasteiger partial charge in [-0.1, -0.05) is 0 Å². The van der Waals surface area contributed by atoms with E-state index in [0.29, 0.717) is 5.82 Å². The van der Waals surface area contributed by atoms with Gasteiger partial charge >= 0.3 is 5.97 Å². The summed E-state index contributed by atoms with van der Waals surface area (Å²) in [6.07, 6.45) is 4.05. The van der Waals surface area contributed by atoms with Crippen LogP contribution in [0, 0.1) is 0 Å². The van der Waals surface area contributed by atoms with Crippen LogP contribution < -0.4 is 11.1 Å². The molecule has 1 fully saturated rings. The van der Waals surface area contributed by atoms with Crippen LogP contribution in [0.1, 0.15) is 36.0 Å². The molecule has 1 aromatic heterocycles. The molecule has 0 atom stereocenters. The highest BCUT2D eigenvalue weighted by atomic mass is 16.4. The Balaban J connectivity index is 2.22. The molecule has 0 radical (unpaired) electrons. The molecule has 0 aliphatic heterocycles. The minimum absolute atomic E-state index is 0.0157. The second-order valence-electron chi connectivity index (χ2n) is 4.59. The van der Waals surface area contributed by atoms with E-state index in [1.54, 1.807) is 18.3 Å². The highest BCUT2D eigenvalue weighted by Gasteiger charge is 2.39. The lowest BCUT2D eigenvalue weighted by molar-refractivity contribution is -0.138. The third-order valence-corrected chi connectivity index (χ3v) is 3.26. The van der Waals surface area contributed by atoms with E-state index in [1.165, 1.54) is 0 Å². The molecule has 1 aliphatic rings. The van der Waals surface area contributed by atoms with Crippen molar-refractivity contribution >= 4 is 17.7 Å². The molecular weight excluding hydrogens is 234 g/mol. The van der Waals surface area contributed by atoms with E-state index < -0.39 is 17.4 Å². The summed E-state index contributed by atoms with van der Waals surface area (Å²) in [5, 5.41) is 12.0. The number of amides is 1. The Labute approximate surface area is 104 Å². The standard InChI is InChI=1S/C12H15N3O3/c13-10(18)8-3-1-6-14-11(8)15-12(4-2-5-12)7-9(16)17/h1,3,6H,2,4-5,7H2,(H2,13,18)(H,14,15)(H,16,17). The van der Waals surface area contributed by atoms with E-state index in [9.17, 15) is 9.59 Å². The second kappa shape index (κ2) is 4.64. The maximum absolute atomic E-state index is 11.3. The average Bonchev–Trinajstić information content (AvgIpc) is 2.26. The molecule has 1 amide bonds. The number of nitrogens with zero attached hydrogens (tertiary/aromatic N) is 1. The van der Waals surface area contributed by atoms with Crippen LogP contribution in [0.2, 0.25) is 0 Å². The van der Waals surface area contributed by atoms with Crippen LogP contribution in [-0.2, 0) is 4.79 Å². The maximum atomic E-state index is 11.3. The van der Waals surface area contributed by atoms with Gasteiger partial charge in [-0.2, -0.15) is 0 Å². The van der Waals surface area contributed by atoms with E-state index in [4.69, 9.17) is 10.8 Å². The highest BCUT2D eigenvalue weighted by molar-refractivity contribution is 5.97. The molecule has 0 unspecified atom stereocenters. The van der Waals surface area contributed by atoms with Gasteiger partial charge in [0.1, 0.15) is 5.82 Å². The van der Waals surface area contributed by atoms with Gasteiger partial charge in [0, 0.05) is 11.7 Å². The van der Waals surface area contributed by atoms with Crippen molar-refractivity contribution in [2.24, 2.45) is 5.73 Å². The quantitative estimate of drug-likeness (QED) is 0.721. The van der Waals surface area contributed by atoms with Crippen LogP contribution in [0.3, 0.4) is 0 Å². The van der Waals surface area contributed by atoms with Crippen molar-refractivity contribution in [1.82, 2.24) is 4.98 Å². The van der Waals surface area contributed by atoms with Crippen molar-refractivity contribution in [3.8, 4) is 0 Å². The molecule has 0 saturated heterocycles. The number of pyridine rings is 1. The molecular formula is C12H15N3O3. The Kier molecular flexibility index (Phi) is 3.18. The van der Waals surface area contributed by atoms with Crippen LogP contribution in [0.4, 0.5) is 5.82 Å². The van der Waals surface area contributed by atoms with Gasteiger partial charge in [-0.15, -0.1) is 0 Å². The predicted octanol–water partition coefficient (Wildman–Crippen LogP) is 0.990. The van der Waals surface area contributed by atoms with Gasteiger partial charge in [0.15, 0.2) is 0 Å². The van der Waals surface area contributed by atoms with Gasteiger partial charge in [-0.3, -0.25) is 9.59 Å². The molecule has 1 aliphatic carbocycles. The van der Waals surface area contributed by atoms with Crippen molar-refractivity contribution < 1.29 is 14.7 Å². The summed E-state index contributed by atoms with van der Waals surface area (Å²) in [7, 11) is 0. The minimum atomic E-state index is -0.862. The van der Waals surface area contributed by atoms with E-state index in [0.717, 1.165) is 19.3 Å². The van der Waals surface area contributed by atoms with E-state index in [1.807, 2.05) is 0 Å². The normalized spacial score (nSPS) is 16.7. The summed E-state index contributed by atoms with van der Waals surface area (Å²) in [5.41, 5.74) is 5.05. The molecule has 0 bridgehead atoms. The predicted molar refractivity (Wildman–Crippen MR) is 65.2 cm³/mol. The van der Waals surface area contributed by atoms with Gasteiger partial charge in [0.05, 0.1) is 12.0 Å². The van der Waals surface area contributed by atoms with Crippen molar-refractivity contribution in [1.29, 1.82) is 0 Å². The van der Waals surface area contributed by atoms with Gasteiger partial charge in [0.25, 0.3) is 5.91 Å². The maximum Gasteiger partial charge on any atom is 0.305 e. The van der Waals surface area contributed by atoms with Gasteiger partial charge in [-0.05, 0) is 31.4 Å². The van der Waals surface area contributed by atoms with Crippen LogP contribution in [0.15, 0.2) is 18.3 Å². The van der Waals surface area contributed by atoms with Gasteiger partial charge in [-0.25, -0.2) is 4.98 Å². The molecule has 0 spiro atoms. The molecule has 1 saturated carbocycles. The number of carbonyl (C=O) groups is 2. The smallest absolute Gasteiger partial charge is 0.305 e. The third-order valence-electron chi connectivity index (χ3n) is 3.26. The lowest BCUT2D eigenvalue weighted by atomic mass is 9.74. The molecule has 18 heavy (non-hydrogen) atoms. The molecule has 6 heteroatoms. The first-order valence-corrected chi connectivity index (χ1v) is 5.77. The number of nitrogens with two attached hydrogens (primary N) is 1. The molecule has 2 rings (SSSR count). The van der Waals surface area contributed by atoms with Gasteiger partial charge < -0.3 is 16.2 Å². The number of aliphatic carboxylic acids is 1. The van der Waals surface area contributed by atoms with Crippen molar-refractivity contribution in [3.63, 3.8) is 0 Å². The fourth-order valence-electron chi connectivity index (χ4n) is 2.19. The molecule has 0 aromatic carbocycles. The Hall–Kier alpha value is -2.11. The van der Waals surface area contributed by atoms with Crippen molar-refractivity contribution in [2.75, 3.05) is 5.32 Å². The lowest BCUT2D eigenvalue weighted by Crippen LogP contribution is -2.47. The number of aromatic nitrogens is 1. The summed E-state index contributed by atoms with van der Waals surface area (Å²) < 4.78 is 0. The van der Waals surface area contributed by atoms with Crippen molar-refractivity contribution in [2.45, 2.75) is 31.2 Å². The summed E-state index contributed by atoms with van der Waals surface area (Å²) in [4.78, 5) is 26.2. The number of carboxylic acid groups (broad SMARTS) is 1. The Morgan fingerprint density at radius 2 is 2.22 bits per heavy atom. The van der Waals surface area contributed by atoms with Crippen LogP contribution in [0.5, 0.6) is 0 Å². The van der Waals surface area contributed by atoms with E-state index >= 15 is 0 Å². The fourth-order valence-corrected chi connectivity index (χ4v) is 2.19. The largest absolute Gasteiger partial charge is 0.481 e. The fraction of sp³-hybridized carbons (Fsp3) is 0.417. The zero-order chi connectivity index (χ0) is 13.2. The number of hydrogen-bond acceptors (Lipinski definition) is 4. The third kappa shape index (κ3) is 2.42. The molecule has 4 N–H and O–H groups in total. The first-order valence-electron chi connectivity index (χ1n) is 5.77. The average molecular weight is 249 g/mol. The topological polar surface area (TPSA) is 105 Å². The zero-order valence-electron chi connectivity index (χ0n) is 9.85. The first-order chi connectivity index (χ1) is 8.52. The Bertz CT molecular complexity index is 483. The number of primary amides is 1. The number of carbonyl (C=O) groups excluding carboxylic acids is 1. The Morgan fingerprint density at radius 3 is 2.72 bits per heavy atom. The minimum Gasteiger partial charge on any atom is -0.481 e. The van der Waals surface area contributed by atoms with E-state index in [-0.39, 0.29) is 12.0 Å². The SMILES string of the molecule is NC(=O)c1cccnc1NC1(CC(=O)O)CCC1. The summed E-state index contributed by atoms with van der Waals surface area (Å²) in [6, 6.07) is 3.20. The van der Waals surface area contributed by atoms with Crippen LogP contribution in [0.25, 0.3) is 0 Å². The van der Waals surface area contributed by atoms with E-state index in [2.05, 4.69) is 10.3 Å². The first kappa shape index (κ1) is 12.3. The lowest BCUT2D eigenvalue weighted by Gasteiger charge is -2.42. The summed E-state index contributed by atoms with van der Waals surface area (Å²) >= 11 is 0. The number of rotatable bonds is 5.